The number of phenolic OH excluding ortho intramolecular Hbond substituents is 1. The van der Waals surface area contributed by atoms with E-state index in [1.165, 1.54) is 24.6 Å². The zero-order valence-corrected chi connectivity index (χ0v) is 8.83. The molecule has 1 heterocycles. The zero-order valence-electron chi connectivity index (χ0n) is 8.83. The molecule has 0 saturated heterocycles. The lowest BCUT2D eigenvalue weighted by Gasteiger charge is -1.95. The Bertz CT molecular complexity index is 515. The number of nitrogens with zero attached hydrogens (tertiary/aromatic N) is 1. The molecule has 0 aliphatic carbocycles. The summed E-state index contributed by atoms with van der Waals surface area (Å²) >= 11 is 0. The minimum atomic E-state index is -0.412. The van der Waals surface area contributed by atoms with Gasteiger partial charge in [0.1, 0.15) is 5.75 Å². The van der Waals surface area contributed by atoms with Crippen LogP contribution in [0.15, 0.2) is 52.2 Å². The van der Waals surface area contributed by atoms with Crippen LogP contribution in [0.3, 0.4) is 0 Å². The number of carbonyl (C=O) groups excluding carboxylic acids is 1. The van der Waals surface area contributed by atoms with Crippen molar-refractivity contribution in [1.29, 1.82) is 0 Å². The first-order valence-electron chi connectivity index (χ1n) is 4.91. The summed E-state index contributed by atoms with van der Waals surface area (Å²) in [5.74, 6) is -0.0281. The van der Waals surface area contributed by atoms with Crippen LogP contribution in [0.2, 0.25) is 0 Å². The van der Waals surface area contributed by atoms with Gasteiger partial charge in [-0.15, -0.1) is 0 Å². The Hall–Kier alpha value is -2.56. The molecule has 2 N–H and O–H groups in total. The van der Waals surface area contributed by atoms with Crippen molar-refractivity contribution in [3.63, 3.8) is 0 Å². The molecule has 1 amide bonds. The predicted octanol–water partition coefficient (Wildman–Crippen LogP) is 1.75. The molecule has 0 atom stereocenters. The first kappa shape index (κ1) is 10.9. The molecule has 0 spiro atoms. The zero-order chi connectivity index (χ0) is 12.1. The number of aromatic hydroxyl groups is 1. The van der Waals surface area contributed by atoms with Gasteiger partial charge < -0.3 is 9.52 Å². The Morgan fingerprint density at radius 2 is 2.06 bits per heavy atom. The summed E-state index contributed by atoms with van der Waals surface area (Å²) in [6.45, 7) is 0. The second-order valence-corrected chi connectivity index (χ2v) is 3.27. The summed E-state index contributed by atoms with van der Waals surface area (Å²) < 4.78 is 4.89. The highest BCUT2D eigenvalue weighted by molar-refractivity contribution is 5.92. The Labute approximate surface area is 97.4 Å². The van der Waals surface area contributed by atoms with Crippen LogP contribution in [0.4, 0.5) is 0 Å². The Kier molecular flexibility index (Phi) is 3.20. The number of rotatable bonds is 3. The van der Waals surface area contributed by atoms with Crippen molar-refractivity contribution in [3.8, 4) is 5.75 Å². The van der Waals surface area contributed by atoms with Crippen molar-refractivity contribution in [2.24, 2.45) is 5.10 Å². The lowest BCUT2D eigenvalue weighted by Crippen LogP contribution is -2.16. The number of carbonyl (C=O) groups is 1. The van der Waals surface area contributed by atoms with E-state index in [4.69, 9.17) is 9.52 Å². The summed E-state index contributed by atoms with van der Waals surface area (Å²) in [7, 11) is 0. The lowest BCUT2D eigenvalue weighted by molar-refractivity contribution is 0.0927. The number of nitrogens with one attached hydrogen (secondary N) is 1. The number of hydrogen-bond acceptors (Lipinski definition) is 4. The van der Waals surface area contributed by atoms with Crippen molar-refractivity contribution in [3.05, 3.63) is 54.0 Å². The van der Waals surface area contributed by atoms with Gasteiger partial charge in [0.05, 0.1) is 12.5 Å². The highest BCUT2D eigenvalue weighted by atomic mass is 16.3. The molecule has 17 heavy (non-hydrogen) atoms. The summed E-state index contributed by atoms with van der Waals surface area (Å²) in [6.07, 6.45) is 2.89. The van der Waals surface area contributed by atoms with Crippen molar-refractivity contribution >= 4 is 12.1 Å². The second kappa shape index (κ2) is 4.98. The first-order valence-corrected chi connectivity index (χ1v) is 4.91. The fourth-order valence-electron chi connectivity index (χ4n) is 1.19. The van der Waals surface area contributed by atoms with E-state index in [-0.39, 0.29) is 11.5 Å². The van der Waals surface area contributed by atoms with E-state index in [2.05, 4.69) is 10.5 Å². The van der Waals surface area contributed by atoms with Gasteiger partial charge in [0, 0.05) is 0 Å². The molecule has 2 aromatic rings. The quantitative estimate of drug-likeness (QED) is 0.623. The van der Waals surface area contributed by atoms with Crippen molar-refractivity contribution < 1.29 is 14.3 Å². The molecule has 0 aliphatic heterocycles. The molecule has 0 saturated carbocycles. The number of phenols is 1. The number of hydrazone groups is 1. The molecule has 0 bridgehead atoms. The third-order valence-corrected chi connectivity index (χ3v) is 2.02. The molecule has 5 nitrogen and oxygen atoms in total. The average Bonchev–Trinajstić information content (AvgIpc) is 2.85. The van der Waals surface area contributed by atoms with E-state index in [0.717, 1.165) is 5.56 Å². The van der Waals surface area contributed by atoms with Crippen LogP contribution in [0, 0.1) is 0 Å². The van der Waals surface area contributed by atoms with Crippen LogP contribution in [0.25, 0.3) is 0 Å². The van der Waals surface area contributed by atoms with Crippen LogP contribution in [-0.4, -0.2) is 17.2 Å². The molecule has 86 valence electrons. The minimum Gasteiger partial charge on any atom is -0.508 e. The molecule has 1 aromatic carbocycles. The SMILES string of the molecule is O=C(N/N=C\c1ccc(O)cc1)c1ccco1. The van der Waals surface area contributed by atoms with Crippen molar-refractivity contribution in [2.75, 3.05) is 0 Å². The molecule has 0 unspecified atom stereocenters. The second-order valence-electron chi connectivity index (χ2n) is 3.27. The molecule has 2 rings (SSSR count). The Morgan fingerprint density at radius 1 is 1.29 bits per heavy atom. The summed E-state index contributed by atoms with van der Waals surface area (Å²) in [5, 5.41) is 12.8. The maximum Gasteiger partial charge on any atom is 0.307 e. The summed E-state index contributed by atoms with van der Waals surface area (Å²) in [6, 6.07) is 9.60. The highest BCUT2D eigenvalue weighted by Gasteiger charge is 2.05. The van der Waals surface area contributed by atoms with Gasteiger partial charge in [-0.1, -0.05) is 0 Å². The van der Waals surface area contributed by atoms with Crippen LogP contribution in [0.1, 0.15) is 16.1 Å². The van der Waals surface area contributed by atoms with Gasteiger partial charge in [0.15, 0.2) is 5.76 Å². The van der Waals surface area contributed by atoms with E-state index >= 15 is 0 Å². The number of hydrogen-bond donors (Lipinski definition) is 2. The third kappa shape index (κ3) is 2.94. The molecule has 0 aliphatic rings. The van der Waals surface area contributed by atoms with Gasteiger partial charge in [-0.2, -0.15) is 5.10 Å². The fourth-order valence-corrected chi connectivity index (χ4v) is 1.19. The van der Waals surface area contributed by atoms with E-state index in [0.29, 0.717) is 0 Å². The van der Waals surface area contributed by atoms with Crippen molar-refractivity contribution in [2.45, 2.75) is 0 Å². The maximum absolute atomic E-state index is 11.4. The van der Waals surface area contributed by atoms with E-state index < -0.39 is 5.91 Å². The van der Waals surface area contributed by atoms with Gasteiger partial charge in [-0.05, 0) is 42.0 Å². The minimum absolute atomic E-state index is 0.182. The molecule has 5 heteroatoms. The number of furan rings is 1. The first-order chi connectivity index (χ1) is 8.25. The molecular formula is C12H10N2O3. The van der Waals surface area contributed by atoms with Gasteiger partial charge in [0.2, 0.25) is 0 Å². The Balaban J connectivity index is 1.94. The van der Waals surface area contributed by atoms with E-state index in [1.807, 2.05) is 0 Å². The van der Waals surface area contributed by atoms with Gasteiger partial charge >= 0.3 is 5.91 Å². The predicted molar refractivity (Wildman–Crippen MR) is 61.9 cm³/mol. The molecule has 0 radical (unpaired) electrons. The van der Waals surface area contributed by atoms with Crippen LogP contribution in [-0.2, 0) is 0 Å². The standard InChI is InChI=1S/C12H10N2O3/c15-10-5-3-9(4-6-10)8-13-14-12(16)11-2-1-7-17-11/h1-8,15H,(H,14,16)/b13-8-. The smallest absolute Gasteiger partial charge is 0.307 e. The molecule has 0 fully saturated rings. The monoisotopic (exact) mass is 230 g/mol. The average molecular weight is 230 g/mol. The van der Waals surface area contributed by atoms with E-state index in [9.17, 15) is 4.79 Å². The highest BCUT2D eigenvalue weighted by Crippen LogP contribution is 2.07. The largest absolute Gasteiger partial charge is 0.508 e. The number of benzene rings is 1. The third-order valence-electron chi connectivity index (χ3n) is 2.02. The lowest BCUT2D eigenvalue weighted by atomic mass is 10.2. The Morgan fingerprint density at radius 3 is 2.71 bits per heavy atom. The van der Waals surface area contributed by atoms with E-state index in [1.54, 1.807) is 24.3 Å². The van der Waals surface area contributed by atoms with Gasteiger partial charge in [-0.3, -0.25) is 4.79 Å². The summed E-state index contributed by atoms with van der Waals surface area (Å²) in [5.41, 5.74) is 3.09. The summed E-state index contributed by atoms with van der Waals surface area (Å²) in [4.78, 5) is 11.4. The maximum atomic E-state index is 11.4. The van der Waals surface area contributed by atoms with Crippen LogP contribution >= 0.6 is 0 Å². The van der Waals surface area contributed by atoms with Crippen LogP contribution in [0.5, 0.6) is 5.75 Å². The normalized spacial score (nSPS) is 10.6. The van der Waals surface area contributed by atoms with Gasteiger partial charge in [0.25, 0.3) is 0 Å². The molecular weight excluding hydrogens is 220 g/mol. The number of amides is 1. The molecule has 1 aromatic heterocycles. The van der Waals surface area contributed by atoms with Gasteiger partial charge in [-0.25, -0.2) is 5.43 Å². The van der Waals surface area contributed by atoms with Crippen LogP contribution < -0.4 is 5.43 Å². The van der Waals surface area contributed by atoms with Crippen molar-refractivity contribution in [1.82, 2.24) is 5.43 Å². The topological polar surface area (TPSA) is 74.8 Å². The fraction of sp³-hybridized carbons (Fsp3) is 0.